The van der Waals surface area contributed by atoms with Crippen molar-refractivity contribution in [1.29, 1.82) is 0 Å². The molecule has 0 unspecified atom stereocenters. The second-order valence-electron chi connectivity index (χ2n) is 2.76. The molecular weight excluding hydrogens is 214 g/mol. The Kier molecular flexibility index (Phi) is 4.26. The molecule has 0 heterocycles. The minimum absolute atomic E-state index is 0.265. The molecule has 0 radical (unpaired) electrons. The van der Waals surface area contributed by atoms with Gasteiger partial charge in [0, 0.05) is 4.90 Å². The highest BCUT2D eigenvalue weighted by atomic mass is 32.2. The summed E-state index contributed by atoms with van der Waals surface area (Å²) in [5.74, 6) is 5.27. The van der Waals surface area contributed by atoms with Crippen molar-refractivity contribution in [3.05, 3.63) is 18.2 Å². The number of rotatable bonds is 4. The summed E-state index contributed by atoms with van der Waals surface area (Å²) in [5.41, 5.74) is 9.33. The van der Waals surface area contributed by atoms with Crippen molar-refractivity contribution in [2.75, 3.05) is 24.0 Å². The SMILES string of the molecule is COC(=O)CSc1ccc(N)c(NN)c1. The zero-order valence-corrected chi connectivity index (χ0v) is 9.14. The van der Waals surface area contributed by atoms with Crippen LogP contribution in [0.15, 0.2) is 23.1 Å². The normalized spacial score (nSPS) is 9.73. The lowest BCUT2D eigenvalue weighted by Crippen LogP contribution is -2.09. The molecule has 5 N–H and O–H groups in total. The Morgan fingerprint density at radius 3 is 2.93 bits per heavy atom. The highest BCUT2D eigenvalue weighted by Crippen LogP contribution is 2.25. The molecular formula is C9H13N3O2S. The van der Waals surface area contributed by atoms with Crippen LogP contribution in [0.4, 0.5) is 11.4 Å². The van der Waals surface area contributed by atoms with Gasteiger partial charge in [-0.1, -0.05) is 0 Å². The summed E-state index contributed by atoms with van der Waals surface area (Å²) in [6.07, 6.45) is 0. The second kappa shape index (κ2) is 5.47. The number of anilines is 2. The molecule has 0 saturated carbocycles. The lowest BCUT2D eigenvalue weighted by Gasteiger charge is -2.06. The van der Waals surface area contributed by atoms with Crippen LogP contribution < -0.4 is 17.0 Å². The summed E-state index contributed by atoms with van der Waals surface area (Å²) in [6.45, 7) is 0. The first-order valence-corrected chi connectivity index (χ1v) is 5.21. The van der Waals surface area contributed by atoms with Gasteiger partial charge in [0.1, 0.15) is 0 Å². The van der Waals surface area contributed by atoms with Crippen LogP contribution in [0, 0.1) is 0 Å². The van der Waals surface area contributed by atoms with Crippen LogP contribution in [0.3, 0.4) is 0 Å². The molecule has 0 aliphatic carbocycles. The molecule has 0 aromatic heterocycles. The van der Waals surface area contributed by atoms with Crippen molar-refractivity contribution in [3.63, 3.8) is 0 Å². The van der Waals surface area contributed by atoms with Crippen LogP contribution in [0.5, 0.6) is 0 Å². The third kappa shape index (κ3) is 3.34. The van der Waals surface area contributed by atoms with E-state index in [0.29, 0.717) is 11.4 Å². The molecule has 0 bridgehead atoms. The van der Waals surface area contributed by atoms with Gasteiger partial charge in [0.05, 0.1) is 24.2 Å². The Balaban J connectivity index is 2.66. The molecule has 0 spiro atoms. The topological polar surface area (TPSA) is 90.4 Å². The number of nitrogens with two attached hydrogens (primary N) is 2. The third-order valence-electron chi connectivity index (χ3n) is 1.76. The maximum atomic E-state index is 10.9. The second-order valence-corrected chi connectivity index (χ2v) is 3.81. The fraction of sp³-hybridized carbons (Fsp3) is 0.222. The predicted molar refractivity (Wildman–Crippen MR) is 61.4 cm³/mol. The zero-order valence-electron chi connectivity index (χ0n) is 8.32. The van der Waals surface area contributed by atoms with E-state index in [1.807, 2.05) is 6.07 Å². The van der Waals surface area contributed by atoms with E-state index in [1.54, 1.807) is 12.1 Å². The van der Waals surface area contributed by atoms with Crippen LogP contribution in [0.25, 0.3) is 0 Å². The van der Waals surface area contributed by atoms with Gasteiger partial charge in [-0.15, -0.1) is 11.8 Å². The van der Waals surface area contributed by atoms with Gasteiger partial charge >= 0.3 is 5.97 Å². The summed E-state index contributed by atoms with van der Waals surface area (Å²) in [6, 6.07) is 5.33. The van der Waals surface area contributed by atoms with Gasteiger partial charge in [-0.25, -0.2) is 0 Å². The van der Waals surface area contributed by atoms with E-state index in [-0.39, 0.29) is 11.7 Å². The van der Waals surface area contributed by atoms with Gasteiger partial charge in [0.25, 0.3) is 0 Å². The minimum Gasteiger partial charge on any atom is -0.468 e. The van der Waals surface area contributed by atoms with E-state index in [4.69, 9.17) is 11.6 Å². The molecule has 0 aliphatic rings. The number of carbonyl (C=O) groups excluding carboxylic acids is 1. The Bertz CT molecular complexity index is 357. The van der Waals surface area contributed by atoms with Crippen LogP contribution in [0.2, 0.25) is 0 Å². The third-order valence-corrected chi connectivity index (χ3v) is 2.73. The number of hydrogen-bond acceptors (Lipinski definition) is 6. The Morgan fingerprint density at radius 1 is 1.60 bits per heavy atom. The lowest BCUT2D eigenvalue weighted by atomic mass is 10.3. The van der Waals surface area contributed by atoms with Crippen molar-refractivity contribution in [2.45, 2.75) is 4.90 Å². The number of hydrogen-bond donors (Lipinski definition) is 3. The van der Waals surface area contributed by atoms with Gasteiger partial charge in [0.2, 0.25) is 0 Å². The summed E-state index contributed by atoms with van der Waals surface area (Å²) < 4.78 is 4.53. The molecule has 5 nitrogen and oxygen atoms in total. The van der Waals surface area contributed by atoms with Crippen molar-refractivity contribution in [3.8, 4) is 0 Å². The molecule has 1 aromatic rings. The molecule has 0 fully saturated rings. The molecule has 0 atom stereocenters. The number of carbonyl (C=O) groups is 1. The lowest BCUT2D eigenvalue weighted by molar-refractivity contribution is -0.137. The van der Waals surface area contributed by atoms with E-state index in [0.717, 1.165) is 4.90 Å². The fourth-order valence-corrected chi connectivity index (χ4v) is 1.72. The Morgan fingerprint density at radius 2 is 2.33 bits per heavy atom. The standard InChI is InChI=1S/C9H13N3O2S/c1-14-9(13)5-15-6-2-3-7(10)8(4-6)12-11/h2-4,12H,5,10-11H2,1H3. The maximum Gasteiger partial charge on any atom is 0.315 e. The summed E-state index contributed by atoms with van der Waals surface area (Å²) in [5, 5.41) is 0. The quantitative estimate of drug-likeness (QED) is 0.232. The van der Waals surface area contributed by atoms with E-state index in [1.165, 1.54) is 18.9 Å². The summed E-state index contributed by atoms with van der Waals surface area (Å²) in [7, 11) is 1.36. The minimum atomic E-state index is -0.265. The van der Waals surface area contributed by atoms with Crippen LogP contribution >= 0.6 is 11.8 Å². The molecule has 0 amide bonds. The van der Waals surface area contributed by atoms with Gasteiger partial charge in [-0.3, -0.25) is 10.6 Å². The molecule has 0 aliphatic heterocycles. The summed E-state index contributed by atoms with van der Waals surface area (Å²) in [4.78, 5) is 11.8. The molecule has 1 aromatic carbocycles. The number of esters is 1. The van der Waals surface area contributed by atoms with Gasteiger partial charge in [-0.2, -0.15) is 0 Å². The number of thioether (sulfide) groups is 1. The molecule has 15 heavy (non-hydrogen) atoms. The van der Waals surface area contributed by atoms with Crippen molar-refractivity contribution in [2.24, 2.45) is 5.84 Å². The van der Waals surface area contributed by atoms with E-state index >= 15 is 0 Å². The number of methoxy groups -OCH3 is 1. The van der Waals surface area contributed by atoms with Crippen LogP contribution in [-0.2, 0) is 9.53 Å². The molecule has 6 heteroatoms. The number of benzene rings is 1. The van der Waals surface area contributed by atoms with Gasteiger partial charge in [0.15, 0.2) is 0 Å². The first kappa shape index (κ1) is 11.7. The highest BCUT2D eigenvalue weighted by molar-refractivity contribution is 8.00. The predicted octanol–water partition coefficient (Wildman–Crippen LogP) is 0.819. The van der Waals surface area contributed by atoms with Crippen molar-refractivity contribution < 1.29 is 9.53 Å². The Hall–Kier alpha value is -1.40. The number of hydrazine groups is 1. The monoisotopic (exact) mass is 227 g/mol. The van der Waals surface area contributed by atoms with E-state index in [9.17, 15) is 4.79 Å². The number of nitrogens with one attached hydrogen (secondary N) is 1. The average Bonchev–Trinajstić information content (AvgIpc) is 2.27. The Labute approximate surface area is 92.1 Å². The van der Waals surface area contributed by atoms with Crippen molar-refractivity contribution >= 4 is 29.1 Å². The zero-order chi connectivity index (χ0) is 11.3. The first-order chi connectivity index (χ1) is 7.17. The smallest absolute Gasteiger partial charge is 0.315 e. The maximum absolute atomic E-state index is 10.9. The average molecular weight is 227 g/mol. The first-order valence-electron chi connectivity index (χ1n) is 4.23. The molecule has 1 rings (SSSR count). The van der Waals surface area contributed by atoms with E-state index < -0.39 is 0 Å². The fourth-order valence-electron chi connectivity index (χ4n) is 0.951. The van der Waals surface area contributed by atoms with Gasteiger partial charge in [-0.05, 0) is 18.2 Å². The largest absolute Gasteiger partial charge is 0.468 e. The number of nitrogen functional groups attached to an aromatic ring is 2. The van der Waals surface area contributed by atoms with Crippen molar-refractivity contribution in [1.82, 2.24) is 0 Å². The number of ether oxygens (including phenoxy) is 1. The molecule has 82 valence electrons. The van der Waals surface area contributed by atoms with E-state index in [2.05, 4.69) is 10.2 Å². The summed E-state index contributed by atoms with van der Waals surface area (Å²) >= 11 is 1.37. The van der Waals surface area contributed by atoms with Crippen LogP contribution in [-0.4, -0.2) is 18.8 Å². The van der Waals surface area contributed by atoms with Crippen LogP contribution in [0.1, 0.15) is 0 Å². The molecule has 0 saturated heterocycles. The van der Waals surface area contributed by atoms with Gasteiger partial charge < -0.3 is 15.9 Å². The highest BCUT2D eigenvalue weighted by Gasteiger charge is 2.04.